The molecule has 0 fully saturated rings. The highest BCUT2D eigenvalue weighted by molar-refractivity contribution is 7.10. The molecule has 0 aliphatic carbocycles. The van der Waals surface area contributed by atoms with Gasteiger partial charge in [0.05, 0.1) is 11.3 Å². The molecule has 2 rings (SSSR count). The second-order valence-electron chi connectivity index (χ2n) is 4.08. The number of thiophene rings is 1. The van der Waals surface area contributed by atoms with Crippen molar-refractivity contribution in [2.24, 2.45) is 0 Å². The second-order valence-corrected chi connectivity index (χ2v) is 5.06. The van der Waals surface area contributed by atoms with Gasteiger partial charge in [-0.25, -0.2) is 0 Å². The Kier molecular flexibility index (Phi) is 3.88. The van der Waals surface area contributed by atoms with Crippen LogP contribution in [0.5, 0.6) is 0 Å². The zero-order valence-corrected chi connectivity index (χ0v) is 11.5. The molecule has 0 amide bonds. The first kappa shape index (κ1) is 13.2. The summed E-state index contributed by atoms with van der Waals surface area (Å²) in [7, 11) is 0. The Balaban J connectivity index is 2.32. The molecule has 94 valence electrons. The number of aryl methyl sites for hydroxylation is 2. The van der Waals surface area contributed by atoms with Crippen molar-refractivity contribution in [2.75, 3.05) is 0 Å². The van der Waals surface area contributed by atoms with Crippen LogP contribution in [-0.2, 0) is 0 Å². The number of nitrogens with zero attached hydrogens (tertiary/aromatic N) is 2. The Morgan fingerprint density at radius 3 is 2.84 bits per heavy atom. The third kappa shape index (κ3) is 2.95. The van der Waals surface area contributed by atoms with Gasteiger partial charge in [-0.05, 0) is 43.5 Å². The SMILES string of the molecule is Cc1nc(C)c(C(=O)/C=C\c2cccs2)cc1C#N. The molecule has 0 aliphatic rings. The lowest BCUT2D eigenvalue weighted by Crippen LogP contribution is -2.03. The summed E-state index contributed by atoms with van der Waals surface area (Å²) in [6.45, 7) is 3.54. The lowest BCUT2D eigenvalue weighted by atomic mass is 10.0. The van der Waals surface area contributed by atoms with Crippen LogP contribution in [0.4, 0.5) is 0 Å². The largest absolute Gasteiger partial charge is 0.289 e. The fourth-order valence-corrected chi connectivity index (χ4v) is 2.34. The minimum absolute atomic E-state index is 0.130. The monoisotopic (exact) mass is 268 g/mol. The van der Waals surface area contributed by atoms with Gasteiger partial charge in [-0.2, -0.15) is 5.26 Å². The molecule has 0 atom stereocenters. The number of hydrogen-bond acceptors (Lipinski definition) is 4. The van der Waals surface area contributed by atoms with Crippen LogP contribution >= 0.6 is 11.3 Å². The minimum atomic E-state index is -0.130. The molecule has 4 heteroatoms. The first-order chi connectivity index (χ1) is 9.11. The van der Waals surface area contributed by atoms with E-state index >= 15 is 0 Å². The molecule has 0 unspecified atom stereocenters. The Morgan fingerprint density at radius 2 is 2.21 bits per heavy atom. The molecule has 3 nitrogen and oxygen atoms in total. The summed E-state index contributed by atoms with van der Waals surface area (Å²) >= 11 is 1.57. The van der Waals surface area contributed by atoms with E-state index in [4.69, 9.17) is 5.26 Å². The topological polar surface area (TPSA) is 53.8 Å². The van der Waals surface area contributed by atoms with Crippen molar-refractivity contribution >= 4 is 23.2 Å². The van der Waals surface area contributed by atoms with Gasteiger partial charge in [0.1, 0.15) is 6.07 Å². The molecular formula is C15H12N2OS. The van der Waals surface area contributed by atoms with Crippen molar-refractivity contribution in [2.45, 2.75) is 13.8 Å². The molecular weight excluding hydrogens is 256 g/mol. The molecule has 2 aromatic rings. The summed E-state index contributed by atoms with van der Waals surface area (Å²) < 4.78 is 0. The van der Waals surface area contributed by atoms with E-state index in [9.17, 15) is 4.79 Å². The highest BCUT2D eigenvalue weighted by Gasteiger charge is 2.10. The minimum Gasteiger partial charge on any atom is -0.289 e. The molecule has 0 aromatic carbocycles. The van der Waals surface area contributed by atoms with Gasteiger partial charge in [-0.1, -0.05) is 6.07 Å². The van der Waals surface area contributed by atoms with Gasteiger partial charge in [0.25, 0.3) is 0 Å². The first-order valence-corrected chi connectivity index (χ1v) is 6.64. The summed E-state index contributed by atoms with van der Waals surface area (Å²) in [5, 5.41) is 10.9. The Labute approximate surface area is 115 Å². The van der Waals surface area contributed by atoms with Crippen molar-refractivity contribution in [3.05, 3.63) is 57.0 Å². The number of rotatable bonds is 3. The summed E-state index contributed by atoms with van der Waals surface area (Å²) in [5.41, 5.74) is 2.23. The number of hydrogen-bond donors (Lipinski definition) is 0. The first-order valence-electron chi connectivity index (χ1n) is 5.76. The zero-order valence-electron chi connectivity index (χ0n) is 10.7. The fraction of sp³-hybridized carbons (Fsp3) is 0.133. The van der Waals surface area contributed by atoms with Crippen molar-refractivity contribution in [3.8, 4) is 6.07 Å². The molecule has 0 N–H and O–H groups in total. The molecule has 2 aromatic heterocycles. The molecule has 0 radical (unpaired) electrons. The maximum atomic E-state index is 12.1. The predicted octanol–water partition coefficient (Wildman–Crippen LogP) is 3.53. The quantitative estimate of drug-likeness (QED) is 0.632. The van der Waals surface area contributed by atoms with Crippen LogP contribution in [-0.4, -0.2) is 10.8 Å². The van der Waals surface area contributed by atoms with Gasteiger partial charge in [0.2, 0.25) is 0 Å². The Morgan fingerprint density at radius 1 is 1.42 bits per heavy atom. The smallest absolute Gasteiger partial charge is 0.187 e. The number of carbonyl (C=O) groups excluding carboxylic acids is 1. The Hall–Kier alpha value is -2.25. The predicted molar refractivity (Wildman–Crippen MR) is 76.1 cm³/mol. The van der Waals surface area contributed by atoms with Gasteiger partial charge in [0.15, 0.2) is 5.78 Å². The van der Waals surface area contributed by atoms with Crippen LogP contribution in [0, 0.1) is 25.2 Å². The molecule has 0 spiro atoms. The highest BCUT2D eigenvalue weighted by atomic mass is 32.1. The van der Waals surface area contributed by atoms with E-state index in [0.29, 0.717) is 22.5 Å². The molecule has 0 saturated heterocycles. The lowest BCUT2D eigenvalue weighted by Gasteiger charge is -2.04. The molecule has 0 saturated carbocycles. The van der Waals surface area contributed by atoms with E-state index in [1.165, 1.54) is 6.08 Å². The standard InChI is InChI=1S/C15H12N2OS/c1-10-12(9-16)8-14(11(2)17-10)15(18)6-5-13-4-3-7-19-13/h3-8H,1-2H3/b6-5-. The van der Waals surface area contributed by atoms with Crippen LogP contribution in [0.15, 0.2) is 29.7 Å². The zero-order chi connectivity index (χ0) is 13.8. The molecule has 0 bridgehead atoms. The average molecular weight is 268 g/mol. The maximum absolute atomic E-state index is 12.1. The van der Waals surface area contributed by atoms with Crippen molar-refractivity contribution in [1.82, 2.24) is 4.98 Å². The third-order valence-corrected chi connectivity index (χ3v) is 3.57. The molecule has 2 heterocycles. The van der Waals surface area contributed by atoms with Crippen LogP contribution in [0.2, 0.25) is 0 Å². The number of nitriles is 1. The van der Waals surface area contributed by atoms with E-state index in [1.807, 2.05) is 17.5 Å². The maximum Gasteiger partial charge on any atom is 0.187 e. The number of aromatic nitrogens is 1. The average Bonchev–Trinajstić information content (AvgIpc) is 2.89. The van der Waals surface area contributed by atoms with Gasteiger partial charge in [-0.3, -0.25) is 9.78 Å². The summed E-state index contributed by atoms with van der Waals surface area (Å²) in [6.07, 6.45) is 3.30. The number of ketones is 1. The van der Waals surface area contributed by atoms with Crippen LogP contribution < -0.4 is 0 Å². The van der Waals surface area contributed by atoms with Crippen LogP contribution in [0.1, 0.15) is 32.2 Å². The van der Waals surface area contributed by atoms with E-state index in [-0.39, 0.29) is 5.78 Å². The molecule has 0 aliphatic heterocycles. The lowest BCUT2D eigenvalue weighted by molar-refractivity contribution is 0.104. The number of carbonyl (C=O) groups is 1. The summed E-state index contributed by atoms with van der Waals surface area (Å²) in [4.78, 5) is 17.4. The van der Waals surface area contributed by atoms with Gasteiger partial charge in [0, 0.05) is 16.1 Å². The summed E-state index contributed by atoms with van der Waals surface area (Å²) in [6, 6.07) is 7.53. The van der Waals surface area contributed by atoms with Crippen LogP contribution in [0.3, 0.4) is 0 Å². The van der Waals surface area contributed by atoms with Crippen molar-refractivity contribution in [3.63, 3.8) is 0 Å². The number of allylic oxidation sites excluding steroid dienone is 1. The normalized spacial score (nSPS) is 10.6. The number of pyridine rings is 1. The van der Waals surface area contributed by atoms with Crippen LogP contribution in [0.25, 0.3) is 6.08 Å². The molecule has 19 heavy (non-hydrogen) atoms. The van der Waals surface area contributed by atoms with E-state index in [1.54, 1.807) is 37.3 Å². The third-order valence-electron chi connectivity index (χ3n) is 2.73. The summed E-state index contributed by atoms with van der Waals surface area (Å²) in [5.74, 6) is -0.130. The van der Waals surface area contributed by atoms with Gasteiger partial charge in [-0.15, -0.1) is 11.3 Å². The highest BCUT2D eigenvalue weighted by Crippen LogP contribution is 2.15. The van der Waals surface area contributed by atoms with Crippen molar-refractivity contribution in [1.29, 1.82) is 5.26 Å². The Bertz CT molecular complexity index is 679. The van der Waals surface area contributed by atoms with Crippen molar-refractivity contribution < 1.29 is 4.79 Å². The van der Waals surface area contributed by atoms with Gasteiger partial charge >= 0.3 is 0 Å². The fourth-order valence-electron chi connectivity index (χ4n) is 1.72. The van der Waals surface area contributed by atoms with E-state index in [2.05, 4.69) is 11.1 Å². The van der Waals surface area contributed by atoms with E-state index < -0.39 is 0 Å². The second kappa shape index (κ2) is 5.59. The van der Waals surface area contributed by atoms with Gasteiger partial charge < -0.3 is 0 Å². The van der Waals surface area contributed by atoms with E-state index in [0.717, 1.165) is 4.88 Å².